The van der Waals surface area contributed by atoms with Crippen molar-refractivity contribution >= 4 is 40.8 Å². The predicted molar refractivity (Wildman–Crippen MR) is 127 cm³/mol. The highest BCUT2D eigenvalue weighted by Crippen LogP contribution is 2.25. The third-order valence-electron chi connectivity index (χ3n) is 5.32. The summed E-state index contributed by atoms with van der Waals surface area (Å²) in [6, 6.07) is 7.58. The predicted octanol–water partition coefficient (Wildman–Crippen LogP) is 3.85. The molecule has 0 unspecified atom stereocenters. The molecule has 0 atom stereocenters. The second-order valence-electron chi connectivity index (χ2n) is 9.07. The highest BCUT2D eigenvalue weighted by molar-refractivity contribution is 7.14. The standard InChI is InChI=1S/C25H28N2O6S/c1-5-6-11-27-21(29)17-9-7-15(12-18(17)22(27)30)23(31)33-14-19(28)20-10-8-16(34-20)13-26-24(32)25(2,3)4/h7-10,12H,5-6,11,13-14H2,1-4H3,(H,26,32). The highest BCUT2D eigenvalue weighted by atomic mass is 32.1. The van der Waals surface area contributed by atoms with Gasteiger partial charge in [-0.15, -0.1) is 11.3 Å². The van der Waals surface area contributed by atoms with Crippen molar-refractivity contribution in [1.29, 1.82) is 0 Å². The van der Waals surface area contributed by atoms with E-state index in [-0.39, 0.29) is 34.3 Å². The van der Waals surface area contributed by atoms with Crippen LogP contribution >= 0.6 is 11.3 Å². The summed E-state index contributed by atoms with van der Waals surface area (Å²) < 4.78 is 5.15. The van der Waals surface area contributed by atoms with E-state index in [4.69, 9.17) is 4.74 Å². The molecule has 1 aromatic heterocycles. The van der Waals surface area contributed by atoms with Crippen LogP contribution in [-0.4, -0.2) is 47.5 Å². The van der Waals surface area contributed by atoms with Crippen LogP contribution in [0.2, 0.25) is 0 Å². The second kappa shape index (κ2) is 10.3. The second-order valence-corrected chi connectivity index (χ2v) is 10.2. The fraction of sp³-hybridized carbons (Fsp3) is 0.400. The van der Waals surface area contributed by atoms with Gasteiger partial charge in [0.05, 0.1) is 28.1 Å². The molecule has 1 N–H and O–H groups in total. The number of nitrogens with one attached hydrogen (secondary N) is 1. The monoisotopic (exact) mass is 484 g/mol. The molecule has 180 valence electrons. The molecule has 2 heterocycles. The molecule has 34 heavy (non-hydrogen) atoms. The maximum atomic E-state index is 12.6. The van der Waals surface area contributed by atoms with Crippen molar-refractivity contribution < 1.29 is 28.7 Å². The van der Waals surface area contributed by atoms with Crippen LogP contribution in [0.25, 0.3) is 0 Å². The van der Waals surface area contributed by atoms with Gasteiger partial charge >= 0.3 is 5.97 Å². The summed E-state index contributed by atoms with van der Waals surface area (Å²) in [6.07, 6.45) is 1.55. The summed E-state index contributed by atoms with van der Waals surface area (Å²) in [5.74, 6) is -2.01. The van der Waals surface area contributed by atoms with Gasteiger partial charge in [0.25, 0.3) is 11.8 Å². The normalized spacial score (nSPS) is 13.1. The molecule has 1 aliphatic rings. The van der Waals surface area contributed by atoms with Gasteiger partial charge in [-0.05, 0) is 36.8 Å². The number of fused-ring (bicyclic) bond motifs is 1. The Bertz CT molecular complexity index is 1140. The number of hydrogen-bond acceptors (Lipinski definition) is 7. The first-order valence-electron chi connectivity index (χ1n) is 11.1. The molecule has 0 aliphatic carbocycles. The van der Waals surface area contributed by atoms with E-state index < -0.39 is 23.9 Å². The minimum atomic E-state index is -0.752. The Morgan fingerprint density at radius 2 is 1.74 bits per heavy atom. The van der Waals surface area contributed by atoms with Gasteiger partial charge in [-0.3, -0.25) is 24.1 Å². The van der Waals surface area contributed by atoms with E-state index in [1.54, 1.807) is 12.1 Å². The van der Waals surface area contributed by atoms with Crippen molar-refractivity contribution in [3.63, 3.8) is 0 Å². The number of Topliss-reactive ketones (excluding diaryl/α,β-unsaturated/α-hetero) is 1. The molecule has 0 saturated heterocycles. The average molecular weight is 485 g/mol. The summed E-state index contributed by atoms with van der Waals surface area (Å²) in [5.41, 5.74) is 0.0233. The third-order valence-corrected chi connectivity index (χ3v) is 6.44. The maximum absolute atomic E-state index is 12.6. The number of amides is 3. The van der Waals surface area contributed by atoms with Crippen molar-refractivity contribution in [2.75, 3.05) is 13.2 Å². The molecule has 1 aliphatic heterocycles. The fourth-order valence-corrected chi connectivity index (χ4v) is 4.15. The van der Waals surface area contributed by atoms with Crippen LogP contribution < -0.4 is 5.32 Å². The molecule has 0 radical (unpaired) electrons. The van der Waals surface area contributed by atoms with Crippen LogP contribution in [0.5, 0.6) is 0 Å². The number of esters is 1. The molecular formula is C25H28N2O6S. The number of carbonyl (C=O) groups excluding carboxylic acids is 5. The maximum Gasteiger partial charge on any atom is 0.338 e. The van der Waals surface area contributed by atoms with Crippen molar-refractivity contribution in [3.05, 3.63) is 56.8 Å². The molecule has 0 saturated carbocycles. The van der Waals surface area contributed by atoms with Gasteiger partial charge in [0, 0.05) is 16.8 Å². The number of hydrogen-bond donors (Lipinski definition) is 1. The van der Waals surface area contributed by atoms with E-state index in [1.807, 2.05) is 27.7 Å². The first kappa shape index (κ1) is 25.3. The minimum Gasteiger partial charge on any atom is -0.454 e. The molecule has 8 nitrogen and oxygen atoms in total. The number of thiophene rings is 1. The minimum absolute atomic E-state index is 0.0919. The molecular weight excluding hydrogens is 456 g/mol. The zero-order chi connectivity index (χ0) is 25.0. The highest BCUT2D eigenvalue weighted by Gasteiger charge is 2.35. The number of ketones is 1. The van der Waals surface area contributed by atoms with Crippen LogP contribution in [0, 0.1) is 5.41 Å². The van der Waals surface area contributed by atoms with Crippen LogP contribution in [0.4, 0.5) is 0 Å². The summed E-state index contributed by atoms with van der Waals surface area (Å²) >= 11 is 1.22. The van der Waals surface area contributed by atoms with E-state index in [0.29, 0.717) is 24.4 Å². The molecule has 1 aromatic carbocycles. The average Bonchev–Trinajstić information content (AvgIpc) is 3.36. The van der Waals surface area contributed by atoms with Gasteiger partial charge < -0.3 is 10.1 Å². The third kappa shape index (κ3) is 5.59. The molecule has 3 rings (SSSR count). The Hall–Kier alpha value is -3.33. The Labute approximate surface area is 202 Å². The molecule has 0 bridgehead atoms. The van der Waals surface area contributed by atoms with Gasteiger partial charge in [0.15, 0.2) is 6.61 Å². The zero-order valence-electron chi connectivity index (χ0n) is 19.7. The van der Waals surface area contributed by atoms with Crippen molar-refractivity contribution in [3.8, 4) is 0 Å². The number of nitrogens with zero attached hydrogens (tertiary/aromatic N) is 1. The number of carbonyl (C=O) groups is 5. The Morgan fingerprint density at radius 3 is 2.41 bits per heavy atom. The quantitative estimate of drug-likeness (QED) is 0.329. The van der Waals surface area contributed by atoms with Gasteiger partial charge in [0.2, 0.25) is 11.7 Å². The lowest BCUT2D eigenvalue weighted by molar-refractivity contribution is -0.128. The first-order valence-corrected chi connectivity index (χ1v) is 11.9. The van der Waals surface area contributed by atoms with Gasteiger partial charge in [-0.2, -0.15) is 0 Å². The lowest BCUT2D eigenvalue weighted by Crippen LogP contribution is -2.34. The fourth-order valence-electron chi connectivity index (χ4n) is 3.28. The summed E-state index contributed by atoms with van der Waals surface area (Å²) in [6.45, 7) is 7.60. The van der Waals surface area contributed by atoms with Crippen LogP contribution in [-0.2, 0) is 16.1 Å². The first-order chi connectivity index (χ1) is 16.0. The molecule has 0 fully saturated rings. The topological polar surface area (TPSA) is 110 Å². The molecule has 2 aromatic rings. The molecule has 9 heteroatoms. The van der Waals surface area contributed by atoms with Crippen molar-refractivity contribution in [1.82, 2.24) is 10.2 Å². The van der Waals surface area contributed by atoms with Crippen LogP contribution in [0.3, 0.4) is 0 Å². The smallest absolute Gasteiger partial charge is 0.338 e. The Morgan fingerprint density at radius 1 is 1.03 bits per heavy atom. The van der Waals surface area contributed by atoms with E-state index in [9.17, 15) is 24.0 Å². The van der Waals surface area contributed by atoms with Crippen LogP contribution in [0.1, 0.15) is 86.2 Å². The molecule has 0 spiro atoms. The van der Waals surface area contributed by atoms with Crippen molar-refractivity contribution in [2.45, 2.75) is 47.1 Å². The number of ether oxygens (including phenoxy) is 1. The van der Waals surface area contributed by atoms with Gasteiger partial charge in [-0.1, -0.05) is 34.1 Å². The number of imide groups is 1. The lowest BCUT2D eigenvalue weighted by Gasteiger charge is -2.17. The zero-order valence-corrected chi connectivity index (χ0v) is 20.5. The summed E-state index contributed by atoms with van der Waals surface area (Å²) in [5, 5.41) is 2.82. The molecule has 3 amide bonds. The number of benzene rings is 1. The Kier molecular flexibility index (Phi) is 7.66. The summed E-state index contributed by atoms with van der Waals surface area (Å²) in [7, 11) is 0. The van der Waals surface area contributed by atoms with E-state index in [0.717, 1.165) is 11.3 Å². The SMILES string of the molecule is CCCCN1C(=O)c2ccc(C(=O)OCC(=O)c3ccc(CNC(=O)C(C)(C)C)s3)cc2C1=O. The van der Waals surface area contributed by atoms with Gasteiger partial charge in [-0.25, -0.2) is 4.79 Å². The largest absolute Gasteiger partial charge is 0.454 e. The van der Waals surface area contributed by atoms with Crippen LogP contribution in [0.15, 0.2) is 30.3 Å². The summed E-state index contributed by atoms with van der Waals surface area (Å²) in [4.78, 5) is 64.3. The van der Waals surface area contributed by atoms with E-state index in [1.165, 1.54) is 34.4 Å². The van der Waals surface area contributed by atoms with E-state index >= 15 is 0 Å². The van der Waals surface area contributed by atoms with Crippen molar-refractivity contribution in [2.24, 2.45) is 5.41 Å². The van der Waals surface area contributed by atoms with E-state index in [2.05, 4.69) is 5.32 Å². The van der Waals surface area contributed by atoms with Gasteiger partial charge in [0.1, 0.15) is 0 Å². The number of rotatable bonds is 9. The Balaban J connectivity index is 1.58. The lowest BCUT2D eigenvalue weighted by atomic mass is 9.96. The number of unbranched alkanes of at least 4 members (excludes halogenated alkanes) is 1.